The van der Waals surface area contributed by atoms with Gasteiger partial charge in [0, 0.05) is 18.1 Å². The summed E-state index contributed by atoms with van der Waals surface area (Å²) in [5.41, 5.74) is 1.01. The van der Waals surface area contributed by atoms with Crippen LogP contribution in [0.5, 0.6) is 0 Å². The van der Waals surface area contributed by atoms with E-state index in [2.05, 4.69) is 15.4 Å². The fraction of sp³-hybridized carbons (Fsp3) is 0.100. The molecule has 0 aliphatic heterocycles. The second-order valence-corrected chi connectivity index (χ2v) is 3.67. The molecule has 0 aromatic carbocycles. The van der Waals surface area contributed by atoms with E-state index in [9.17, 15) is 4.79 Å². The van der Waals surface area contributed by atoms with Crippen molar-refractivity contribution in [3.05, 3.63) is 41.4 Å². The monoisotopic (exact) mass is 237 g/mol. The Labute approximate surface area is 97.1 Å². The SMILES string of the molecule is C[n+]1cc(Cl)c(C(=O)Nc2ccncc2)[nH]1. The van der Waals surface area contributed by atoms with Crippen molar-refractivity contribution in [2.24, 2.45) is 7.05 Å². The van der Waals surface area contributed by atoms with Crippen LogP contribution in [0.3, 0.4) is 0 Å². The largest absolute Gasteiger partial charge is 0.320 e. The van der Waals surface area contributed by atoms with E-state index in [-0.39, 0.29) is 5.91 Å². The Balaban J connectivity index is 2.18. The van der Waals surface area contributed by atoms with E-state index in [0.29, 0.717) is 16.4 Å². The van der Waals surface area contributed by atoms with Crippen LogP contribution in [0.2, 0.25) is 5.02 Å². The van der Waals surface area contributed by atoms with Gasteiger partial charge in [-0.1, -0.05) is 11.6 Å². The van der Waals surface area contributed by atoms with Gasteiger partial charge in [0.25, 0.3) is 5.91 Å². The van der Waals surface area contributed by atoms with E-state index >= 15 is 0 Å². The molecule has 2 aromatic heterocycles. The molecule has 0 saturated heterocycles. The van der Waals surface area contributed by atoms with Gasteiger partial charge in [-0.3, -0.25) is 9.78 Å². The molecule has 2 heterocycles. The number of carbonyl (C=O) groups is 1. The predicted octanol–water partition coefficient (Wildman–Crippen LogP) is 1.14. The van der Waals surface area contributed by atoms with E-state index in [1.54, 1.807) is 42.5 Å². The third-order valence-corrected chi connectivity index (χ3v) is 2.29. The molecular weight excluding hydrogens is 228 g/mol. The zero-order valence-corrected chi connectivity index (χ0v) is 9.32. The van der Waals surface area contributed by atoms with Gasteiger partial charge in [0.05, 0.1) is 0 Å². The zero-order valence-electron chi connectivity index (χ0n) is 8.57. The minimum atomic E-state index is -0.281. The van der Waals surface area contributed by atoms with Crippen molar-refractivity contribution in [2.75, 3.05) is 5.32 Å². The summed E-state index contributed by atoms with van der Waals surface area (Å²) in [5, 5.41) is 5.91. The Morgan fingerprint density at radius 1 is 1.50 bits per heavy atom. The number of hydrogen-bond donors (Lipinski definition) is 2. The van der Waals surface area contributed by atoms with Crippen LogP contribution in [0.15, 0.2) is 30.7 Å². The molecule has 5 nitrogen and oxygen atoms in total. The first-order valence-electron chi connectivity index (χ1n) is 4.62. The lowest BCUT2D eigenvalue weighted by Gasteiger charge is -2.01. The van der Waals surface area contributed by atoms with Crippen molar-refractivity contribution in [3.63, 3.8) is 0 Å². The fourth-order valence-electron chi connectivity index (χ4n) is 1.28. The van der Waals surface area contributed by atoms with E-state index in [1.807, 2.05) is 0 Å². The lowest BCUT2D eigenvalue weighted by atomic mass is 10.3. The van der Waals surface area contributed by atoms with E-state index in [4.69, 9.17) is 11.6 Å². The first-order chi connectivity index (χ1) is 7.66. The van der Waals surface area contributed by atoms with Gasteiger partial charge in [-0.05, 0) is 12.1 Å². The molecule has 0 aliphatic rings. The number of pyridine rings is 1. The number of H-pyrrole nitrogens is 1. The van der Waals surface area contributed by atoms with Crippen molar-refractivity contribution in [1.82, 2.24) is 10.1 Å². The number of halogens is 1. The first-order valence-corrected chi connectivity index (χ1v) is 5.00. The number of aromatic nitrogens is 3. The van der Waals surface area contributed by atoms with Crippen molar-refractivity contribution < 1.29 is 9.48 Å². The molecule has 0 aliphatic carbocycles. The van der Waals surface area contributed by atoms with Gasteiger partial charge in [0.2, 0.25) is 6.20 Å². The Bertz CT molecular complexity index is 509. The minimum absolute atomic E-state index is 0.281. The van der Waals surface area contributed by atoms with Crippen molar-refractivity contribution in [3.8, 4) is 0 Å². The molecule has 2 aromatic rings. The number of aromatic amines is 1. The predicted molar refractivity (Wildman–Crippen MR) is 59.2 cm³/mol. The number of hydrogen-bond acceptors (Lipinski definition) is 2. The van der Waals surface area contributed by atoms with Crippen LogP contribution in [0.1, 0.15) is 10.5 Å². The van der Waals surface area contributed by atoms with Crippen molar-refractivity contribution >= 4 is 23.2 Å². The number of rotatable bonds is 2. The molecule has 82 valence electrons. The van der Waals surface area contributed by atoms with Crippen LogP contribution in [0, 0.1) is 0 Å². The summed E-state index contributed by atoms with van der Waals surface area (Å²) in [4.78, 5) is 15.6. The number of anilines is 1. The van der Waals surface area contributed by atoms with Crippen LogP contribution in [-0.4, -0.2) is 16.0 Å². The maximum atomic E-state index is 11.8. The highest BCUT2D eigenvalue weighted by atomic mass is 35.5. The molecule has 0 unspecified atom stereocenters. The van der Waals surface area contributed by atoms with Crippen molar-refractivity contribution in [1.29, 1.82) is 0 Å². The molecule has 2 N–H and O–H groups in total. The molecular formula is C10H10ClN4O+. The van der Waals surface area contributed by atoms with E-state index < -0.39 is 0 Å². The molecule has 1 amide bonds. The standard InChI is InChI=1S/C10H9ClN4O/c1-15-6-8(11)9(14-15)10(16)13-7-2-4-12-5-3-7/h2-6H,1H3,(H,12,13,16)/p+1. The third kappa shape index (κ3) is 2.20. The number of aryl methyl sites for hydroxylation is 1. The molecule has 0 atom stereocenters. The number of nitrogens with one attached hydrogen (secondary N) is 2. The van der Waals surface area contributed by atoms with Gasteiger partial charge in [0.15, 0.2) is 12.7 Å². The zero-order chi connectivity index (χ0) is 11.5. The maximum absolute atomic E-state index is 11.8. The van der Waals surface area contributed by atoms with Crippen LogP contribution in [0.4, 0.5) is 5.69 Å². The summed E-state index contributed by atoms with van der Waals surface area (Å²) < 4.78 is 1.61. The summed E-state index contributed by atoms with van der Waals surface area (Å²) in [7, 11) is 1.76. The van der Waals surface area contributed by atoms with Gasteiger partial charge in [-0.25, -0.2) is 0 Å². The van der Waals surface area contributed by atoms with Crippen LogP contribution < -0.4 is 10.00 Å². The van der Waals surface area contributed by atoms with Crippen LogP contribution in [-0.2, 0) is 7.05 Å². The summed E-state index contributed by atoms with van der Waals surface area (Å²) in [5.74, 6) is -0.281. The van der Waals surface area contributed by atoms with E-state index in [0.717, 1.165) is 0 Å². The molecule has 0 radical (unpaired) electrons. The average Bonchev–Trinajstić information content (AvgIpc) is 2.59. The molecule has 0 bridgehead atoms. The smallest absolute Gasteiger partial charge is 0.279 e. The Morgan fingerprint density at radius 2 is 2.19 bits per heavy atom. The molecule has 0 saturated carbocycles. The molecule has 6 heteroatoms. The quantitative estimate of drug-likeness (QED) is 0.770. The molecule has 0 spiro atoms. The summed E-state index contributed by atoms with van der Waals surface area (Å²) in [6, 6.07) is 3.41. The van der Waals surface area contributed by atoms with Crippen LogP contribution in [0.25, 0.3) is 0 Å². The Morgan fingerprint density at radius 3 is 2.75 bits per heavy atom. The van der Waals surface area contributed by atoms with Gasteiger partial charge in [-0.2, -0.15) is 5.10 Å². The fourth-order valence-corrected chi connectivity index (χ4v) is 1.56. The summed E-state index contributed by atoms with van der Waals surface area (Å²) in [6.45, 7) is 0. The number of carbonyl (C=O) groups excluding carboxylic acids is 1. The van der Waals surface area contributed by atoms with Gasteiger partial charge in [0.1, 0.15) is 5.02 Å². The summed E-state index contributed by atoms with van der Waals surface area (Å²) >= 11 is 5.88. The average molecular weight is 238 g/mol. The minimum Gasteiger partial charge on any atom is -0.320 e. The number of amides is 1. The highest BCUT2D eigenvalue weighted by Crippen LogP contribution is 2.13. The molecule has 0 fully saturated rings. The Hall–Kier alpha value is -1.88. The maximum Gasteiger partial charge on any atom is 0.279 e. The molecule has 2 rings (SSSR count). The van der Waals surface area contributed by atoms with Gasteiger partial charge < -0.3 is 5.32 Å². The van der Waals surface area contributed by atoms with E-state index in [1.165, 1.54) is 0 Å². The number of nitrogens with zero attached hydrogens (tertiary/aromatic N) is 2. The highest BCUT2D eigenvalue weighted by molar-refractivity contribution is 6.33. The lowest BCUT2D eigenvalue weighted by Crippen LogP contribution is -2.29. The first kappa shape index (κ1) is 10.6. The third-order valence-electron chi connectivity index (χ3n) is 2.00. The van der Waals surface area contributed by atoms with Gasteiger partial charge in [-0.15, -0.1) is 4.68 Å². The highest BCUT2D eigenvalue weighted by Gasteiger charge is 2.17. The Kier molecular flexibility index (Phi) is 2.87. The second kappa shape index (κ2) is 4.32. The van der Waals surface area contributed by atoms with Crippen LogP contribution >= 0.6 is 11.6 Å². The molecule has 16 heavy (non-hydrogen) atoms. The normalized spacial score (nSPS) is 10.1. The summed E-state index contributed by atoms with van der Waals surface area (Å²) in [6.07, 6.45) is 4.83. The topological polar surface area (TPSA) is 61.7 Å². The van der Waals surface area contributed by atoms with Crippen molar-refractivity contribution in [2.45, 2.75) is 0 Å². The second-order valence-electron chi connectivity index (χ2n) is 3.26. The lowest BCUT2D eigenvalue weighted by molar-refractivity contribution is -0.726. The van der Waals surface area contributed by atoms with Gasteiger partial charge >= 0.3 is 0 Å².